The van der Waals surface area contributed by atoms with Crippen molar-refractivity contribution in [2.24, 2.45) is 11.8 Å². The number of hydrogen-bond acceptors (Lipinski definition) is 6. The molecular formula is C26H31FN6O2. The molecule has 1 aromatic heterocycles. The van der Waals surface area contributed by atoms with Crippen molar-refractivity contribution >= 4 is 11.8 Å². The Labute approximate surface area is 204 Å². The lowest BCUT2D eigenvalue weighted by Crippen LogP contribution is -2.50. The number of nitrogens with one attached hydrogen (secondary N) is 4. The zero-order valence-corrected chi connectivity index (χ0v) is 19.9. The van der Waals surface area contributed by atoms with Gasteiger partial charge in [-0.15, -0.1) is 0 Å². The Morgan fingerprint density at radius 3 is 2.60 bits per heavy atom. The predicted octanol–water partition coefficient (Wildman–Crippen LogP) is 2.63. The molecule has 4 atom stereocenters. The molecule has 2 amide bonds. The minimum atomic E-state index is -0.622. The van der Waals surface area contributed by atoms with Gasteiger partial charge >= 0.3 is 0 Å². The van der Waals surface area contributed by atoms with Gasteiger partial charge in [-0.3, -0.25) is 9.59 Å². The highest BCUT2D eigenvalue weighted by Crippen LogP contribution is 2.45. The highest BCUT2D eigenvalue weighted by Gasteiger charge is 2.52. The van der Waals surface area contributed by atoms with E-state index in [9.17, 15) is 14.0 Å². The van der Waals surface area contributed by atoms with Gasteiger partial charge in [0, 0.05) is 18.3 Å². The number of carbonyl (C=O) groups is 2. The monoisotopic (exact) mass is 478 g/mol. The Kier molecular flexibility index (Phi) is 6.42. The van der Waals surface area contributed by atoms with E-state index in [0.717, 1.165) is 24.1 Å². The lowest BCUT2D eigenvalue weighted by molar-refractivity contribution is -0.139. The summed E-state index contributed by atoms with van der Waals surface area (Å²) in [5, 5.41) is 3.11. The Morgan fingerprint density at radius 1 is 1.17 bits per heavy atom. The Balaban J connectivity index is 1.41. The van der Waals surface area contributed by atoms with Crippen LogP contribution >= 0.6 is 0 Å². The third kappa shape index (κ3) is 4.60. The van der Waals surface area contributed by atoms with Gasteiger partial charge in [0.15, 0.2) is 0 Å². The number of rotatable bonds is 7. The van der Waals surface area contributed by atoms with Crippen LogP contribution in [-0.4, -0.2) is 34.3 Å². The first kappa shape index (κ1) is 23.3. The number of likely N-dealkylation sites (tertiary alicyclic amines) is 1. The second-order valence-corrected chi connectivity index (χ2v) is 9.86. The van der Waals surface area contributed by atoms with Crippen LogP contribution in [0, 0.1) is 17.8 Å². The number of carbonyl (C=O) groups excluding carboxylic acids is 2. The van der Waals surface area contributed by atoms with Gasteiger partial charge in [-0.2, -0.15) is 9.93 Å². The molecule has 9 heteroatoms. The minimum absolute atomic E-state index is 0.00444. The Hall–Kier alpha value is -3.46. The molecule has 3 aliphatic rings. The van der Waals surface area contributed by atoms with Crippen molar-refractivity contribution in [1.82, 2.24) is 31.6 Å². The van der Waals surface area contributed by atoms with Crippen LogP contribution in [0.4, 0.5) is 4.39 Å². The largest absolute Gasteiger partial charge is 0.342 e. The first-order chi connectivity index (χ1) is 16.9. The molecule has 1 aliphatic carbocycles. The van der Waals surface area contributed by atoms with Crippen molar-refractivity contribution in [3.8, 4) is 0 Å². The van der Waals surface area contributed by atoms with Gasteiger partial charge in [-0.1, -0.05) is 50.2 Å². The molecule has 1 aromatic carbocycles. The van der Waals surface area contributed by atoms with Gasteiger partial charge in [0.05, 0.1) is 23.9 Å². The van der Waals surface area contributed by atoms with E-state index in [-0.39, 0.29) is 30.1 Å². The SMILES string of the molecule is CC(C)c1ccc([C@@H](NC(=O)[C@@H]2[C@H]3CC[C@H]3CN2C(=O)CC2=CNNN2)c2ccccc2)nc1F. The third-order valence-corrected chi connectivity index (χ3v) is 7.36. The van der Waals surface area contributed by atoms with E-state index < -0.39 is 18.0 Å². The summed E-state index contributed by atoms with van der Waals surface area (Å²) in [5.41, 5.74) is 10.9. The van der Waals surface area contributed by atoms with E-state index in [4.69, 9.17) is 0 Å². The van der Waals surface area contributed by atoms with Gasteiger partial charge < -0.3 is 21.1 Å². The molecular weight excluding hydrogens is 447 g/mol. The van der Waals surface area contributed by atoms with E-state index in [1.165, 1.54) is 0 Å². The second-order valence-electron chi connectivity index (χ2n) is 9.86. The first-order valence-corrected chi connectivity index (χ1v) is 12.2. The maximum Gasteiger partial charge on any atom is 0.243 e. The predicted molar refractivity (Wildman–Crippen MR) is 129 cm³/mol. The summed E-state index contributed by atoms with van der Waals surface area (Å²) in [6.07, 6.45) is 3.81. The molecule has 184 valence electrons. The molecule has 2 fully saturated rings. The molecule has 0 radical (unpaired) electrons. The average molecular weight is 479 g/mol. The molecule has 4 N–H and O–H groups in total. The summed E-state index contributed by atoms with van der Waals surface area (Å²) in [5.74, 6) is -0.351. The second kappa shape index (κ2) is 9.65. The molecule has 0 bridgehead atoms. The molecule has 2 aromatic rings. The van der Waals surface area contributed by atoms with Crippen LogP contribution in [0.2, 0.25) is 0 Å². The first-order valence-electron chi connectivity index (χ1n) is 12.2. The lowest BCUT2D eigenvalue weighted by atomic mass is 9.73. The molecule has 0 unspecified atom stereocenters. The fraction of sp³-hybridized carbons (Fsp3) is 0.423. The van der Waals surface area contributed by atoms with Gasteiger partial charge in [-0.25, -0.2) is 4.98 Å². The quantitative estimate of drug-likeness (QED) is 0.457. The number of benzene rings is 1. The number of pyridine rings is 1. The summed E-state index contributed by atoms with van der Waals surface area (Å²) in [6, 6.07) is 11.8. The van der Waals surface area contributed by atoms with Crippen molar-refractivity contribution < 1.29 is 14.0 Å². The number of hydrazine groups is 2. The van der Waals surface area contributed by atoms with Gasteiger partial charge in [-0.05, 0) is 42.2 Å². The van der Waals surface area contributed by atoms with Crippen LogP contribution in [-0.2, 0) is 9.59 Å². The Bertz CT molecular complexity index is 1140. The zero-order valence-electron chi connectivity index (χ0n) is 19.9. The summed E-state index contributed by atoms with van der Waals surface area (Å²) in [6.45, 7) is 4.42. The van der Waals surface area contributed by atoms with Crippen LogP contribution in [0.15, 0.2) is 54.4 Å². The zero-order chi connectivity index (χ0) is 24.5. The van der Waals surface area contributed by atoms with Gasteiger partial charge in [0.1, 0.15) is 6.04 Å². The summed E-state index contributed by atoms with van der Waals surface area (Å²) < 4.78 is 14.8. The topological polar surface area (TPSA) is 98.4 Å². The molecule has 5 rings (SSSR count). The lowest BCUT2D eigenvalue weighted by Gasteiger charge is -2.34. The third-order valence-electron chi connectivity index (χ3n) is 7.36. The summed E-state index contributed by atoms with van der Waals surface area (Å²) in [4.78, 5) is 32.8. The molecule has 8 nitrogen and oxygen atoms in total. The van der Waals surface area contributed by atoms with Crippen molar-refractivity contribution in [3.63, 3.8) is 0 Å². The maximum atomic E-state index is 14.8. The van der Waals surface area contributed by atoms with Gasteiger partial charge in [0.25, 0.3) is 0 Å². The van der Waals surface area contributed by atoms with Crippen molar-refractivity contribution in [2.75, 3.05) is 6.54 Å². The van der Waals surface area contributed by atoms with Crippen molar-refractivity contribution in [1.29, 1.82) is 0 Å². The van der Waals surface area contributed by atoms with Crippen molar-refractivity contribution in [2.45, 2.75) is 51.1 Å². The molecule has 2 aliphatic heterocycles. The number of fused-ring (bicyclic) bond motifs is 1. The number of hydrogen-bond donors (Lipinski definition) is 4. The van der Waals surface area contributed by atoms with E-state index in [0.29, 0.717) is 23.7 Å². The molecule has 35 heavy (non-hydrogen) atoms. The maximum absolute atomic E-state index is 14.8. The van der Waals surface area contributed by atoms with Crippen LogP contribution in [0.5, 0.6) is 0 Å². The summed E-state index contributed by atoms with van der Waals surface area (Å²) >= 11 is 0. The van der Waals surface area contributed by atoms with Crippen LogP contribution in [0.25, 0.3) is 0 Å². The van der Waals surface area contributed by atoms with E-state index in [2.05, 4.69) is 26.7 Å². The number of halogens is 1. The average Bonchev–Trinajstić information content (AvgIpc) is 3.43. The van der Waals surface area contributed by atoms with Crippen LogP contribution in [0.3, 0.4) is 0 Å². The number of amides is 2. The molecule has 3 heterocycles. The normalized spacial score (nSPS) is 23.6. The minimum Gasteiger partial charge on any atom is -0.342 e. The van der Waals surface area contributed by atoms with Gasteiger partial charge in [0.2, 0.25) is 17.8 Å². The number of nitrogens with zero attached hydrogens (tertiary/aromatic N) is 2. The smallest absolute Gasteiger partial charge is 0.243 e. The van der Waals surface area contributed by atoms with Crippen molar-refractivity contribution in [3.05, 3.63) is 77.1 Å². The van der Waals surface area contributed by atoms with Crippen LogP contribution in [0.1, 0.15) is 61.9 Å². The molecule has 1 saturated carbocycles. The Morgan fingerprint density at radius 2 is 1.97 bits per heavy atom. The summed E-state index contributed by atoms with van der Waals surface area (Å²) in [7, 11) is 0. The highest BCUT2D eigenvalue weighted by atomic mass is 19.1. The molecule has 1 saturated heterocycles. The number of aromatic nitrogens is 1. The fourth-order valence-electron chi connectivity index (χ4n) is 5.31. The van der Waals surface area contributed by atoms with E-state index in [1.807, 2.05) is 44.2 Å². The van der Waals surface area contributed by atoms with Crippen LogP contribution < -0.4 is 21.7 Å². The molecule has 0 spiro atoms. The highest BCUT2D eigenvalue weighted by molar-refractivity contribution is 5.90. The van der Waals surface area contributed by atoms with E-state index in [1.54, 1.807) is 23.2 Å². The fourth-order valence-corrected chi connectivity index (χ4v) is 5.31. The van der Waals surface area contributed by atoms with E-state index >= 15 is 0 Å². The standard InChI is InChI=1S/C26H31FN6O2/c1-15(2)19-10-11-21(29-25(19)27)23(16-6-4-3-5-7-16)30-26(35)24-20-9-8-17(20)14-33(24)22(34)12-18-13-28-32-31-18/h3-7,10-11,13,15,17,20,23-24,28,31-32H,8-9,12,14H2,1-2H3,(H,30,35)/t17-,20-,23-,24-/m0/s1.